The second-order valence-corrected chi connectivity index (χ2v) is 5.64. The Labute approximate surface area is 154 Å². The van der Waals surface area contributed by atoms with E-state index < -0.39 is 0 Å². The van der Waals surface area contributed by atoms with Gasteiger partial charge in [0, 0.05) is 29.3 Å². The second-order valence-electron chi connectivity index (χ2n) is 5.64. The minimum Gasteiger partial charge on any atom is -0.497 e. The molecule has 3 heterocycles. The lowest BCUT2D eigenvalue weighted by Crippen LogP contribution is -2.02. The first-order chi connectivity index (χ1) is 12.7. The highest BCUT2D eigenvalue weighted by molar-refractivity contribution is 5.84. The minimum absolute atomic E-state index is 0. The van der Waals surface area contributed by atoms with Gasteiger partial charge in [-0.15, -0.1) is 5.10 Å². The van der Waals surface area contributed by atoms with Crippen molar-refractivity contribution < 1.29 is 9.02 Å². The van der Waals surface area contributed by atoms with E-state index in [1.165, 1.54) is 6.33 Å². The first kappa shape index (κ1) is 15.8. The Bertz CT molecular complexity index is 1060. The Hall–Kier alpha value is -3.68. The van der Waals surface area contributed by atoms with E-state index in [2.05, 4.69) is 25.4 Å². The van der Waals surface area contributed by atoms with Gasteiger partial charge in [-0.25, -0.2) is 19.5 Å². The maximum absolute atomic E-state index is 6.06. The molecule has 0 unspecified atom stereocenters. The highest BCUT2D eigenvalue weighted by atomic mass is 16.5. The van der Waals surface area contributed by atoms with Crippen LogP contribution < -0.4 is 15.8 Å². The molecule has 26 heavy (non-hydrogen) atoms. The fourth-order valence-electron chi connectivity index (χ4n) is 2.68. The molecular weight excluding hydrogens is 330 g/mol. The van der Waals surface area contributed by atoms with Gasteiger partial charge >= 0.3 is 0 Å². The average Bonchev–Trinajstić information content (AvgIpc) is 3.02. The van der Waals surface area contributed by atoms with Crippen LogP contribution in [0.1, 0.15) is 9.84 Å². The Morgan fingerprint density at radius 3 is 2.85 bits per heavy atom. The largest absolute Gasteiger partial charge is 0.497 e. The highest BCUT2D eigenvalue weighted by Gasteiger charge is 2.15. The summed E-state index contributed by atoms with van der Waals surface area (Å²) in [5.41, 5.74) is 9.20. The summed E-state index contributed by atoms with van der Waals surface area (Å²) in [6.07, 6.45) is 4.99. The number of nitrogens with zero attached hydrogens (tertiary/aromatic N) is 5. The van der Waals surface area contributed by atoms with Crippen LogP contribution >= 0.6 is 0 Å². The lowest BCUT2D eigenvalue weighted by Gasteiger charge is -2.07. The normalized spacial score (nSPS) is 10.8. The molecule has 0 bridgehead atoms. The molecule has 4 aromatic rings. The van der Waals surface area contributed by atoms with Gasteiger partial charge in [0.15, 0.2) is 11.5 Å². The zero-order chi connectivity index (χ0) is 17.9. The van der Waals surface area contributed by atoms with Crippen LogP contribution in [0.2, 0.25) is 0 Å². The molecule has 8 heteroatoms. The average molecular weight is 353 g/mol. The second kappa shape index (κ2) is 6.67. The van der Waals surface area contributed by atoms with Crippen molar-refractivity contribution in [1.82, 2.24) is 24.6 Å². The molecule has 0 fully saturated rings. The molecule has 4 rings (SSSR count). The number of rotatable bonds is 5. The quantitative estimate of drug-likeness (QED) is 0.568. The van der Waals surface area contributed by atoms with Crippen LogP contribution in [0.3, 0.4) is 0 Å². The number of fused-ring (bicyclic) bond motifs is 1. The summed E-state index contributed by atoms with van der Waals surface area (Å²) >= 11 is 0. The van der Waals surface area contributed by atoms with E-state index >= 15 is 0 Å². The smallest absolute Gasteiger partial charge is 0.166 e. The zero-order valence-corrected chi connectivity index (χ0v) is 14.1. The first-order valence-corrected chi connectivity index (χ1v) is 8.02. The van der Waals surface area contributed by atoms with Gasteiger partial charge in [-0.1, -0.05) is 12.1 Å². The number of hydrogen-bond donors (Lipinski definition) is 2. The third kappa shape index (κ3) is 3.00. The molecular formula is C18H23N7O. The van der Waals surface area contributed by atoms with Crippen LogP contribution in [-0.2, 0) is 6.54 Å². The zero-order valence-electron chi connectivity index (χ0n) is 14.1. The number of aromatic nitrogens is 5. The summed E-state index contributed by atoms with van der Waals surface area (Å²) < 4.78 is 6.80. The molecule has 0 saturated heterocycles. The van der Waals surface area contributed by atoms with Crippen LogP contribution in [0, 0.1) is 0 Å². The summed E-state index contributed by atoms with van der Waals surface area (Å²) in [5.74, 6) is 1.90. The van der Waals surface area contributed by atoms with Crippen LogP contribution in [-0.4, -0.2) is 31.7 Å². The van der Waals surface area contributed by atoms with Gasteiger partial charge in [0.1, 0.15) is 17.9 Å². The predicted molar refractivity (Wildman–Crippen MR) is 105 cm³/mol. The number of methoxy groups -OCH3 is 1. The fraction of sp³-hybridized carbons (Fsp3) is 0.111. The third-order valence-electron chi connectivity index (χ3n) is 3.98. The van der Waals surface area contributed by atoms with Crippen molar-refractivity contribution in [1.29, 1.82) is 0 Å². The first-order valence-electron chi connectivity index (χ1n) is 8.02. The number of hydrogen-bond acceptors (Lipinski definition) is 7. The molecule has 0 amide bonds. The van der Waals surface area contributed by atoms with Gasteiger partial charge in [-0.3, -0.25) is 0 Å². The molecule has 136 valence electrons. The minimum atomic E-state index is 0. The van der Waals surface area contributed by atoms with Crippen molar-refractivity contribution in [2.75, 3.05) is 18.2 Å². The van der Waals surface area contributed by atoms with Gasteiger partial charge in [0.25, 0.3) is 0 Å². The van der Waals surface area contributed by atoms with Crippen molar-refractivity contribution in [2.45, 2.75) is 6.54 Å². The molecule has 0 spiro atoms. The Morgan fingerprint density at radius 2 is 2.04 bits per heavy atom. The molecule has 0 radical (unpaired) electrons. The maximum Gasteiger partial charge on any atom is 0.166 e. The summed E-state index contributed by atoms with van der Waals surface area (Å²) in [4.78, 5) is 12.9. The van der Waals surface area contributed by atoms with Crippen molar-refractivity contribution >= 4 is 17.3 Å². The molecule has 3 N–H and O–H groups in total. The van der Waals surface area contributed by atoms with Gasteiger partial charge in [0.05, 0.1) is 18.4 Å². The molecule has 0 aliphatic carbocycles. The predicted octanol–water partition coefficient (Wildman–Crippen LogP) is 3.13. The third-order valence-corrected chi connectivity index (χ3v) is 3.98. The Morgan fingerprint density at radius 1 is 1.19 bits per heavy atom. The topological polar surface area (TPSA) is 103 Å². The van der Waals surface area contributed by atoms with Crippen molar-refractivity contribution in [3.05, 3.63) is 60.7 Å². The lowest BCUT2D eigenvalue weighted by atomic mass is 10.2. The van der Waals surface area contributed by atoms with E-state index in [1.807, 2.05) is 30.3 Å². The van der Waals surface area contributed by atoms with Gasteiger partial charge < -0.3 is 15.8 Å². The summed E-state index contributed by atoms with van der Waals surface area (Å²) in [6.45, 7) is 0.628. The maximum atomic E-state index is 6.06. The number of nitrogen functional groups attached to an aromatic ring is 1. The van der Waals surface area contributed by atoms with E-state index in [4.69, 9.17) is 10.5 Å². The number of ether oxygens (including phenoxy) is 1. The van der Waals surface area contributed by atoms with Gasteiger partial charge in [-0.05, 0) is 23.8 Å². The molecule has 0 aliphatic rings. The SMILES string of the molecule is COc1ccc(CNc2cc(-c3c(N)nn4cccnc34)ncn2)cc1.[HH].[HH].[HH]. The van der Waals surface area contributed by atoms with Crippen LogP contribution in [0.25, 0.3) is 16.9 Å². The van der Waals surface area contributed by atoms with E-state index in [0.29, 0.717) is 35.1 Å². The van der Waals surface area contributed by atoms with Crippen LogP contribution in [0.4, 0.5) is 11.6 Å². The molecule has 0 aliphatic heterocycles. The number of anilines is 2. The van der Waals surface area contributed by atoms with Crippen molar-refractivity contribution in [2.24, 2.45) is 0 Å². The summed E-state index contributed by atoms with van der Waals surface area (Å²) in [5, 5.41) is 7.56. The van der Waals surface area contributed by atoms with Crippen molar-refractivity contribution in [3.63, 3.8) is 0 Å². The van der Waals surface area contributed by atoms with Crippen LogP contribution in [0.5, 0.6) is 5.75 Å². The van der Waals surface area contributed by atoms with Gasteiger partial charge in [0.2, 0.25) is 0 Å². The monoisotopic (exact) mass is 353 g/mol. The van der Waals surface area contributed by atoms with E-state index in [-0.39, 0.29) is 4.28 Å². The molecule has 0 atom stereocenters. The van der Waals surface area contributed by atoms with E-state index in [9.17, 15) is 0 Å². The van der Waals surface area contributed by atoms with Gasteiger partial charge in [-0.2, -0.15) is 0 Å². The number of nitrogens with two attached hydrogens (primary N) is 1. The molecule has 0 saturated carbocycles. The van der Waals surface area contributed by atoms with Crippen LogP contribution in [0.15, 0.2) is 55.1 Å². The highest BCUT2D eigenvalue weighted by Crippen LogP contribution is 2.28. The van der Waals surface area contributed by atoms with E-state index in [1.54, 1.807) is 30.1 Å². The summed E-state index contributed by atoms with van der Waals surface area (Å²) in [7, 11) is 1.65. The fourth-order valence-corrected chi connectivity index (χ4v) is 2.68. The molecule has 8 nitrogen and oxygen atoms in total. The Kier molecular flexibility index (Phi) is 4.06. The molecule has 1 aromatic carbocycles. The van der Waals surface area contributed by atoms with Crippen molar-refractivity contribution in [3.8, 4) is 17.0 Å². The number of benzene rings is 1. The van der Waals surface area contributed by atoms with E-state index in [0.717, 1.165) is 11.3 Å². The lowest BCUT2D eigenvalue weighted by molar-refractivity contribution is 0.414. The molecule has 3 aromatic heterocycles. The standard InChI is InChI=1S/C18H17N7O.3H2/c1-26-13-5-3-12(4-6-13)10-21-15-9-14(22-11-23-15)16-17(19)24-25-8-2-7-20-18(16)25;;;/h2-9,11H,10H2,1H3,(H2,19,24)(H,21,22,23);3*1H. The summed E-state index contributed by atoms with van der Waals surface area (Å²) in [6, 6.07) is 11.5. The number of nitrogens with one attached hydrogen (secondary N) is 1. The Balaban J connectivity index is 0.00000140.